The van der Waals surface area contributed by atoms with E-state index in [9.17, 15) is 22.0 Å². The maximum absolute atomic E-state index is 13.5. The number of hydrogen-bond donors (Lipinski definition) is 0. The number of benzene rings is 2. The Morgan fingerprint density at radius 3 is 2.43 bits per heavy atom. The molecule has 0 spiro atoms. The minimum atomic E-state index is -4.48. The average molecular weight is 401 g/mol. The molecule has 0 aromatic heterocycles. The molecular weight excluding hydrogens is 381 g/mol. The molecule has 3 nitrogen and oxygen atoms in total. The highest BCUT2D eigenvalue weighted by Crippen LogP contribution is 2.33. The molecule has 0 saturated carbocycles. The van der Waals surface area contributed by atoms with Crippen molar-refractivity contribution in [1.82, 2.24) is 4.90 Å². The van der Waals surface area contributed by atoms with E-state index in [1.807, 2.05) is 0 Å². The summed E-state index contributed by atoms with van der Waals surface area (Å²) in [5.41, 5.74) is -0.455. The van der Waals surface area contributed by atoms with Gasteiger partial charge in [0.2, 0.25) is 0 Å². The Bertz CT molecular complexity index is 790. The molecule has 28 heavy (non-hydrogen) atoms. The second kappa shape index (κ2) is 8.87. The molecule has 0 aliphatic carbocycles. The predicted molar refractivity (Wildman–Crippen MR) is 93.0 cm³/mol. The fraction of sp³-hybridized carbons (Fsp3) is 0.400. The van der Waals surface area contributed by atoms with Gasteiger partial charge in [0, 0.05) is 32.1 Å². The molecule has 2 aromatic carbocycles. The van der Waals surface area contributed by atoms with E-state index in [0.717, 1.165) is 37.4 Å². The highest BCUT2D eigenvalue weighted by Gasteiger charge is 2.31. The SMILES string of the molecule is Fc1ccc(OC(CCN2CCOCC2)c2cccc(C(F)(F)F)c2)cc1F. The van der Waals surface area contributed by atoms with Crippen LogP contribution in [0.2, 0.25) is 0 Å². The van der Waals surface area contributed by atoms with Gasteiger partial charge in [-0.1, -0.05) is 12.1 Å². The molecule has 2 aromatic rings. The topological polar surface area (TPSA) is 21.7 Å². The van der Waals surface area contributed by atoms with Crippen molar-refractivity contribution in [2.24, 2.45) is 0 Å². The van der Waals surface area contributed by atoms with Crippen molar-refractivity contribution < 1.29 is 31.4 Å². The Hall–Kier alpha value is -2.19. The zero-order valence-electron chi connectivity index (χ0n) is 15.0. The molecule has 0 amide bonds. The zero-order chi connectivity index (χ0) is 20.1. The van der Waals surface area contributed by atoms with Gasteiger partial charge in [-0.25, -0.2) is 8.78 Å². The summed E-state index contributed by atoms with van der Waals surface area (Å²) in [6.45, 7) is 3.21. The van der Waals surface area contributed by atoms with Crippen LogP contribution in [-0.2, 0) is 10.9 Å². The average Bonchev–Trinajstić information content (AvgIpc) is 2.68. The van der Waals surface area contributed by atoms with E-state index in [-0.39, 0.29) is 5.75 Å². The lowest BCUT2D eigenvalue weighted by Crippen LogP contribution is -2.37. The van der Waals surface area contributed by atoms with Crippen LogP contribution in [0.15, 0.2) is 42.5 Å². The standard InChI is InChI=1S/C20H20F5NO2/c21-17-5-4-16(13-18(17)22)28-19(6-7-26-8-10-27-11-9-26)14-2-1-3-15(12-14)20(23,24)25/h1-5,12-13,19H,6-11H2. The largest absolute Gasteiger partial charge is 0.486 e. The molecule has 0 bridgehead atoms. The summed E-state index contributed by atoms with van der Waals surface area (Å²) in [4.78, 5) is 2.12. The maximum atomic E-state index is 13.5. The van der Waals surface area contributed by atoms with Gasteiger partial charge in [0.25, 0.3) is 0 Å². The van der Waals surface area contributed by atoms with Crippen molar-refractivity contribution in [2.45, 2.75) is 18.7 Å². The summed E-state index contributed by atoms with van der Waals surface area (Å²) in [7, 11) is 0. The molecular formula is C20H20F5NO2. The van der Waals surface area contributed by atoms with Crippen molar-refractivity contribution >= 4 is 0 Å². The Balaban J connectivity index is 1.81. The Kier molecular flexibility index (Phi) is 6.51. The highest BCUT2D eigenvalue weighted by atomic mass is 19.4. The Labute approximate surface area is 159 Å². The summed E-state index contributed by atoms with van der Waals surface area (Å²) >= 11 is 0. The van der Waals surface area contributed by atoms with Crippen molar-refractivity contribution in [3.8, 4) is 5.75 Å². The second-order valence-corrected chi connectivity index (χ2v) is 6.55. The first-order valence-electron chi connectivity index (χ1n) is 8.92. The lowest BCUT2D eigenvalue weighted by atomic mass is 10.0. The number of alkyl halides is 3. The number of nitrogens with zero attached hydrogens (tertiary/aromatic N) is 1. The number of halogens is 5. The van der Waals surface area contributed by atoms with Crippen molar-refractivity contribution in [3.63, 3.8) is 0 Å². The van der Waals surface area contributed by atoms with Gasteiger partial charge >= 0.3 is 6.18 Å². The van der Waals surface area contributed by atoms with E-state index >= 15 is 0 Å². The molecule has 1 atom stereocenters. The third kappa shape index (κ3) is 5.42. The van der Waals surface area contributed by atoms with Crippen molar-refractivity contribution in [2.75, 3.05) is 32.8 Å². The third-order valence-electron chi connectivity index (χ3n) is 4.57. The van der Waals surface area contributed by atoms with Gasteiger partial charge < -0.3 is 9.47 Å². The van der Waals surface area contributed by atoms with E-state index in [2.05, 4.69) is 4.90 Å². The summed E-state index contributed by atoms with van der Waals surface area (Å²) in [6.07, 6.45) is -4.83. The Morgan fingerprint density at radius 1 is 1.00 bits per heavy atom. The van der Waals surface area contributed by atoms with Crippen LogP contribution in [0.1, 0.15) is 23.7 Å². The van der Waals surface area contributed by atoms with Gasteiger partial charge in [-0.05, 0) is 29.8 Å². The fourth-order valence-corrected chi connectivity index (χ4v) is 3.05. The van der Waals surface area contributed by atoms with E-state index in [1.54, 1.807) is 6.07 Å². The molecule has 1 heterocycles. The van der Waals surface area contributed by atoms with E-state index < -0.39 is 29.5 Å². The second-order valence-electron chi connectivity index (χ2n) is 6.55. The van der Waals surface area contributed by atoms with Crippen molar-refractivity contribution in [3.05, 3.63) is 65.2 Å². The molecule has 1 saturated heterocycles. The molecule has 1 unspecified atom stereocenters. The minimum Gasteiger partial charge on any atom is -0.486 e. The van der Waals surface area contributed by atoms with Crippen molar-refractivity contribution in [1.29, 1.82) is 0 Å². The quantitative estimate of drug-likeness (QED) is 0.648. The molecule has 1 aliphatic rings. The van der Waals surface area contributed by atoms with Crippen LogP contribution in [0.3, 0.4) is 0 Å². The summed E-state index contributed by atoms with van der Waals surface area (Å²) in [5.74, 6) is -2.03. The predicted octanol–water partition coefficient (Wildman–Crippen LogP) is 4.83. The van der Waals surface area contributed by atoms with E-state index in [4.69, 9.17) is 9.47 Å². The number of ether oxygens (including phenoxy) is 2. The smallest absolute Gasteiger partial charge is 0.416 e. The lowest BCUT2D eigenvalue weighted by molar-refractivity contribution is -0.137. The molecule has 8 heteroatoms. The third-order valence-corrected chi connectivity index (χ3v) is 4.57. The Morgan fingerprint density at radius 2 is 1.75 bits per heavy atom. The summed E-state index contributed by atoms with van der Waals surface area (Å²) in [6, 6.07) is 7.95. The van der Waals surface area contributed by atoms with Gasteiger partial charge in [-0.3, -0.25) is 4.90 Å². The van der Waals surface area contributed by atoms with Gasteiger partial charge in [-0.2, -0.15) is 13.2 Å². The molecule has 0 N–H and O–H groups in total. The molecule has 1 aliphatic heterocycles. The molecule has 152 valence electrons. The van der Waals surface area contributed by atoms with Crippen LogP contribution >= 0.6 is 0 Å². The van der Waals surface area contributed by atoms with Gasteiger partial charge in [0.05, 0.1) is 18.8 Å². The lowest BCUT2D eigenvalue weighted by Gasteiger charge is -2.29. The maximum Gasteiger partial charge on any atom is 0.416 e. The molecule has 3 rings (SSSR count). The monoisotopic (exact) mass is 401 g/mol. The van der Waals surface area contributed by atoms with Crippen LogP contribution < -0.4 is 4.74 Å². The number of hydrogen-bond acceptors (Lipinski definition) is 3. The van der Waals surface area contributed by atoms with E-state index in [0.29, 0.717) is 31.7 Å². The van der Waals surface area contributed by atoms with Gasteiger partial charge in [-0.15, -0.1) is 0 Å². The number of morpholine rings is 1. The summed E-state index contributed by atoms with van der Waals surface area (Å²) in [5, 5.41) is 0. The van der Waals surface area contributed by atoms with Gasteiger partial charge in [0.15, 0.2) is 11.6 Å². The highest BCUT2D eigenvalue weighted by molar-refractivity contribution is 5.30. The van der Waals surface area contributed by atoms with Crippen LogP contribution in [0.5, 0.6) is 5.75 Å². The van der Waals surface area contributed by atoms with Crippen LogP contribution in [0.4, 0.5) is 22.0 Å². The minimum absolute atomic E-state index is 0.0586. The summed E-state index contributed by atoms with van der Waals surface area (Å²) < 4.78 is 76.9. The fourth-order valence-electron chi connectivity index (χ4n) is 3.05. The normalized spacial score (nSPS) is 16.8. The van der Waals surface area contributed by atoms with Crippen LogP contribution in [0.25, 0.3) is 0 Å². The number of rotatable bonds is 6. The zero-order valence-corrected chi connectivity index (χ0v) is 15.0. The molecule has 0 radical (unpaired) electrons. The molecule has 1 fully saturated rings. The van der Waals surface area contributed by atoms with Crippen LogP contribution in [-0.4, -0.2) is 37.7 Å². The first kappa shape index (κ1) is 20.5. The first-order chi connectivity index (χ1) is 13.3. The van der Waals surface area contributed by atoms with Gasteiger partial charge in [0.1, 0.15) is 11.9 Å². The van der Waals surface area contributed by atoms with Crippen LogP contribution in [0, 0.1) is 11.6 Å². The first-order valence-corrected chi connectivity index (χ1v) is 8.92. The van der Waals surface area contributed by atoms with E-state index in [1.165, 1.54) is 12.1 Å².